The zero-order valence-corrected chi connectivity index (χ0v) is 16.4. The largest absolute Gasteiger partial charge is 0.384 e. The van der Waals surface area contributed by atoms with Gasteiger partial charge in [0.2, 0.25) is 5.13 Å². The Balaban J connectivity index is 2.02. The number of benzene rings is 1. The summed E-state index contributed by atoms with van der Waals surface area (Å²) in [5.41, 5.74) is 0.643. The van der Waals surface area contributed by atoms with Crippen molar-refractivity contribution in [2.45, 2.75) is 34.8 Å². The number of thioether (sulfide) groups is 2. The van der Waals surface area contributed by atoms with E-state index in [0.29, 0.717) is 22.6 Å². The summed E-state index contributed by atoms with van der Waals surface area (Å²) in [4.78, 5) is 13.5. The fourth-order valence-corrected chi connectivity index (χ4v) is 4.70. The number of carbonyl (C=O) groups excluding carboxylic acids is 1. The number of hydrogen-bond acceptors (Lipinski definition) is 7. The van der Waals surface area contributed by atoms with Crippen molar-refractivity contribution in [1.82, 2.24) is 10.2 Å². The van der Waals surface area contributed by atoms with Crippen LogP contribution in [0.2, 0.25) is 0 Å². The van der Waals surface area contributed by atoms with E-state index in [0.717, 1.165) is 21.4 Å². The molecule has 0 saturated carbocycles. The van der Waals surface area contributed by atoms with Crippen LogP contribution >= 0.6 is 34.9 Å². The molecule has 8 heteroatoms. The normalized spacial score (nSPS) is 12.1. The van der Waals surface area contributed by atoms with E-state index in [9.17, 15) is 4.79 Å². The second-order valence-corrected chi connectivity index (χ2v) is 8.80. The molecule has 1 N–H and O–H groups in total. The fraction of sp³-hybridized carbons (Fsp3) is 0.438. The first-order chi connectivity index (χ1) is 11.6. The Bertz CT molecular complexity index is 664. The molecule has 0 fully saturated rings. The van der Waals surface area contributed by atoms with E-state index in [1.807, 2.05) is 24.3 Å². The van der Waals surface area contributed by atoms with E-state index < -0.39 is 0 Å². The molecular formula is C16H21N3O2S3. The third-order valence-electron chi connectivity index (χ3n) is 3.18. The number of rotatable bonds is 9. The summed E-state index contributed by atoms with van der Waals surface area (Å²) in [6, 6.07) is 7.55. The van der Waals surface area contributed by atoms with Crippen molar-refractivity contribution in [3.63, 3.8) is 0 Å². The Morgan fingerprint density at radius 1 is 1.38 bits per heavy atom. The van der Waals surface area contributed by atoms with Gasteiger partial charge in [0.15, 0.2) is 4.34 Å². The molecule has 2 rings (SSSR count). The van der Waals surface area contributed by atoms with Crippen LogP contribution in [0.15, 0.2) is 33.5 Å². The van der Waals surface area contributed by atoms with Gasteiger partial charge in [-0.2, -0.15) is 0 Å². The van der Waals surface area contributed by atoms with Crippen molar-refractivity contribution in [3.8, 4) is 0 Å². The number of anilines is 1. The Morgan fingerprint density at radius 3 is 2.92 bits per heavy atom. The zero-order valence-electron chi connectivity index (χ0n) is 13.9. The van der Waals surface area contributed by atoms with Crippen LogP contribution in [0.5, 0.6) is 0 Å². The van der Waals surface area contributed by atoms with Crippen molar-refractivity contribution in [2.75, 3.05) is 24.8 Å². The van der Waals surface area contributed by atoms with Crippen molar-refractivity contribution in [1.29, 1.82) is 0 Å². The van der Waals surface area contributed by atoms with Crippen LogP contribution in [0.3, 0.4) is 0 Å². The van der Waals surface area contributed by atoms with Crippen LogP contribution in [-0.2, 0) is 4.74 Å². The fourth-order valence-electron chi connectivity index (χ4n) is 1.74. The monoisotopic (exact) mass is 383 g/mol. The van der Waals surface area contributed by atoms with Crippen LogP contribution in [-0.4, -0.2) is 40.8 Å². The third kappa shape index (κ3) is 5.77. The van der Waals surface area contributed by atoms with Crippen molar-refractivity contribution < 1.29 is 9.53 Å². The maximum Gasteiger partial charge on any atom is 0.258 e. The summed E-state index contributed by atoms with van der Waals surface area (Å²) in [6.07, 6.45) is 1.07. The average molecular weight is 384 g/mol. The highest BCUT2D eigenvalue weighted by Gasteiger charge is 2.15. The van der Waals surface area contributed by atoms with Crippen LogP contribution in [0.1, 0.15) is 30.6 Å². The number of nitrogens with one attached hydrogen (secondary N) is 1. The number of methoxy groups -OCH3 is 1. The highest BCUT2D eigenvalue weighted by Crippen LogP contribution is 2.30. The Labute approximate surface area is 155 Å². The van der Waals surface area contributed by atoms with Crippen molar-refractivity contribution in [2.24, 2.45) is 0 Å². The first-order valence-electron chi connectivity index (χ1n) is 7.66. The minimum absolute atomic E-state index is 0.160. The molecule has 1 heterocycles. The van der Waals surface area contributed by atoms with E-state index >= 15 is 0 Å². The molecular weight excluding hydrogens is 362 g/mol. The van der Waals surface area contributed by atoms with Crippen LogP contribution in [0.4, 0.5) is 5.13 Å². The number of nitrogens with zero attached hydrogens (tertiary/aromatic N) is 2. The van der Waals surface area contributed by atoms with Gasteiger partial charge in [0, 0.05) is 23.0 Å². The molecule has 1 aromatic heterocycles. The zero-order chi connectivity index (χ0) is 17.4. The maximum atomic E-state index is 12.5. The smallest absolute Gasteiger partial charge is 0.258 e. The van der Waals surface area contributed by atoms with Gasteiger partial charge < -0.3 is 4.74 Å². The van der Waals surface area contributed by atoms with Gasteiger partial charge in [-0.25, -0.2) is 0 Å². The van der Waals surface area contributed by atoms with Gasteiger partial charge in [-0.1, -0.05) is 49.1 Å². The highest BCUT2D eigenvalue weighted by molar-refractivity contribution is 8.01. The van der Waals surface area contributed by atoms with E-state index in [2.05, 4.69) is 29.4 Å². The topological polar surface area (TPSA) is 64.1 Å². The quantitative estimate of drug-likeness (QED) is 0.393. The first-order valence-corrected chi connectivity index (χ1v) is 10.3. The summed E-state index contributed by atoms with van der Waals surface area (Å²) in [6.45, 7) is 4.94. The SMILES string of the molecule is CCC(C)Sc1nnc(NC(=O)c2ccccc2SCCOC)s1. The number of ether oxygens (including phenoxy) is 1. The summed E-state index contributed by atoms with van der Waals surface area (Å²) < 4.78 is 5.94. The van der Waals surface area contributed by atoms with Crippen LogP contribution < -0.4 is 5.32 Å². The molecule has 24 heavy (non-hydrogen) atoms. The summed E-state index contributed by atoms with van der Waals surface area (Å²) in [5.74, 6) is 0.640. The molecule has 1 aromatic carbocycles. The summed E-state index contributed by atoms with van der Waals surface area (Å²) >= 11 is 4.69. The second kappa shape index (κ2) is 10.0. The van der Waals surface area contributed by atoms with Gasteiger partial charge >= 0.3 is 0 Å². The average Bonchev–Trinajstić information content (AvgIpc) is 3.02. The van der Waals surface area contributed by atoms with Crippen molar-refractivity contribution >= 4 is 45.9 Å². The predicted octanol–water partition coefficient (Wildman–Crippen LogP) is 4.42. The molecule has 130 valence electrons. The molecule has 1 unspecified atom stereocenters. The third-order valence-corrected chi connectivity index (χ3v) is 6.41. The molecule has 0 radical (unpaired) electrons. The maximum absolute atomic E-state index is 12.5. The number of hydrogen-bond donors (Lipinski definition) is 1. The lowest BCUT2D eigenvalue weighted by Gasteiger charge is -2.08. The lowest BCUT2D eigenvalue weighted by molar-refractivity contribution is 0.102. The minimum Gasteiger partial charge on any atom is -0.384 e. The number of carbonyl (C=O) groups is 1. The molecule has 0 saturated heterocycles. The van der Waals surface area contributed by atoms with Crippen LogP contribution in [0, 0.1) is 0 Å². The highest BCUT2D eigenvalue weighted by atomic mass is 32.2. The molecule has 2 aromatic rings. The predicted molar refractivity (Wildman–Crippen MR) is 103 cm³/mol. The Hall–Kier alpha value is -1.09. The van der Waals surface area contributed by atoms with E-state index in [1.54, 1.807) is 30.6 Å². The molecule has 1 atom stereocenters. The molecule has 1 amide bonds. The molecule has 5 nitrogen and oxygen atoms in total. The standard InChI is InChI=1S/C16H21N3O2S3/c1-4-11(2)23-16-19-18-15(24-16)17-14(20)12-7-5-6-8-13(12)22-10-9-21-3/h5-8,11H,4,9-10H2,1-3H3,(H,17,18,20). The second-order valence-electron chi connectivity index (χ2n) is 5.00. The molecule has 0 bridgehead atoms. The lowest BCUT2D eigenvalue weighted by atomic mass is 10.2. The van der Waals surface area contributed by atoms with Gasteiger partial charge in [-0.15, -0.1) is 22.0 Å². The van der Waals surface area contributed by atoms with Crippen LogP contribution in [0.25, 0.3) is 0 Å². The molecule has 0 aliphatic heterocycles. The van der Waals surface area contributed by atoms with Gasteiger partial charge in [0.05, 0.1) is 12.2 Å². The van der Waals surface area contributed by atoms with E-state index in [4.69, 9.17) is 4.74 Å². The minimum atomic E-state index is -0.160. The molecule has 0 aliphatic carbocycles. The van der Waals surface area contributed by atoms with Gasteiger partial charge in [-0.05, 0) is 18.6 Å². The number of aromatic nitrogens is 2. The van der Waals surface area contributed by atoms with E-state index in [1.165, 1.54) is 11.3 Å². The number of amides is 1. The Morgan fingerprint density at radius 2 is 2.17 bits per heavy atom. The molecule has 0 spiro atoms. The lowest BCUT2D eigenvalue weighted by Crippen LogP contribution is -2.13. The van der Waals surface area contributed by atoms with Gasteiger partial charge in [0.1, 0.15) is 0 Å². The van der Waals surface area contributed by atoms with Gasteiger partial charge in [-0.3, -0.25) is 10.1 Å². The van der Waals surface area contributed by atoms with Crippen molar-refractivity contribution in [3.05, 3.63) is 29.8 Å². The van der Waals surface area contributed by atoms with E-state index in [-0.39, 0.29) is 5.91 Å². The van der Waals surface area contributed by atoms with Gasteiger partial charge in [0.25, 0.3) is 5.91 Å². The Kier molecular flexibility index (Phi) is 8.04. The summed E-state index contributed by atoms with van der Waals surface area (Å²) in [7, 11) is 1.67. The first kappa shape index (κ1) is 19.2. The molecule has 0 aliphatic rings. The summed E-state index contributed by atoms with van der Waals surface area (Å²) in [5, 5.41) is 12.1.